The van der Waals surface area contributed by atoms with Gasteiger partial charge in [-0.15, -0.1) is 0 Å². The molecule has 0 heterocycles. The van der Waals surface area contributed by atoms with E-state index in [0.717, 1.165) is 51.9 Å². The van der Waals surface area contributed by atoms with Gasteiger partial charge >= 0.3 is 0 Å². The summed E-state index contributed by atoms with van der Waals surface area (Å²) >= 11 is 0. The molecule has 174 valence electrons. The molecule has 0 aromatic rings. The van der Waals surface area contributed by atoms with Crippen molar-refractivity contribution in [3.05, 3.63) is 23.8 Å². The van der Waals surface area contributed by atoms with Gasteiger partial charge in [0.25, 0.3) is 0 Å². The molecule has 1 fully saturated rings. The molecule has 2 rings (SSSR count). The maximum absolute atomic E-state index is 10.5. The normalized spacial score (nSPS) is 27.6. The van der Waals surface area contributed by atoms with Gasteiger partial charge in [0.15, 0.2) is 0 Å². The first-order valence-corrected chi connectivity index (χ1v) is 12.4. The molecule has 2 aliphatic carbocycles. The Hall–Kier alpha value is -0.680. The third kappa shape index (κ3) is 7.78. The number of fused-ring (bicyclic) bond motifs is 1. The van der Waals surface area contributed by atoms with E-state index < -0.39 is 0 Å². The fourth-order valence-electron chi connectivity index (χ4n) is 5.33. The second kappa shape index (κ2) is 13.0. The van der Waals surface area contributed by atoms with E-state index in [-0.39, 0.29) is 18.1 Å². The molecule has 0 aliphatic heterocycles. The highest BCUT2D eigenvalue weighted by atomic mass is 16.5. The number of allylic oxidation sites excluding steroid dienone is 1. The van der Waals surface area contributed by atoms with E-state index in [4.69, 9.17) is 4.74 Å². The van der Waals surface area contributed by atoms with Gasteiger partial charge in [0.2, 0.25) is 0 Å². The summed E-state index contributed by atoms with van der Waals surface area (Å²) in [6.07, 6.45) is 13.0. The van der Waals surface area contributed by atoms with Gasteiger partial charge in [-0.05, 0) is 65.2 Å². The summed E-state index contributed by atoms with van der Waals surface area (Å²) in [6, 6.07) is 1.10. The van der Waals surface area contributed by atoms with Crippen molar-refractivity contribution in [3.8, 4) is 0 Å². The van der Waals surface area contributed by atoms with Crippen molar-refractivity contribution in [3.63, 3.8) is 0 Å². The lowest BCUT2D eigenvalue weighted by Crippen LogP contribution is -2.39. The highest BCUT2D eigenvalue weighted by Gasteiger charge is 2.43. The van der Waals surface area contributed by atoms with E-state index >= 15 is 0 Å². The predicted molar refractivity (Wildman–Crippen MR) is 125 cm³/mol. The maximum atomic E-state index is 10.5. The Morgan fingerprint density at radius 2 is 1.90 bits per heavy atom. The van der Waals surface area contributed by atoms with Crippen LogP contribution in [0.1, 0.15) is 79.6 Å². The molecular weight excluding hydrogens is 374 g/mol. The molecule has 0 saturated heterocycles. The summed E-state index contributed by atoms with van der Waals surface area (Å²) in [4.78, 5) is 2.47. The number of nitrogens with zero attached hydrogens (tertiary/aromatic N) is 1. The fourth-order valence-corrected chi connectivity index (χ4v) is 5.33. The number of hydrogen-bond acceptors (Lipinski definition) is 4. The van der Waals surface area contributed by atoms with Crippen molar-refractivity contribution in [1.29, 1.82) is 0 Å². The van der Waals surface area contributed by atoms with E-state index in [1.165, 1.54) is 18.4 Å². The summed E-state index contributed by atoms with van der Waals surface area (Å²) in [6.45, 7) is 13.7. The van der Waals surface area contributed by atoms with Gasteiger partial charge in [-0.2, -0.15) is 0 Å². The van der Waals surface area contributed by atoms with Crippen LogP contribution in [0.3, 0.4) is 0 Å². The van der Waals surface area contributed by atoms with Gasteiger partial charge < -0.3 is 14.9 Å². The third-order valence-electron chi connectivity index (χ3n) is 7.00. The van der Waals surface area contributed by atoms with Crippen molar-refractivity contribution >= 4 is 0 Å². The molecule has 5 atom stereocenters. The molecule has 0 aromatic heterocycles. The van der Waals surface area contributed by atoms with Crippen molar-refractivity contribution < 1.29 is 14.9 Å². The lowest BCUT2D eigenvalue weighted by molar-refractivity contribution is 0.0796. The zero-order chi connectivity index (χ0) is 22.1. The summed E-state index contributed by atoms with van der Waals surface area (Å²) in [5.74, 6) is 1.15. The van der Waals surface area contributed by atoms with Crippen LogP contribution in [-0.2, 0) is 4.74 Å². The molecule has 0 aromatic carbocycles. The minimum atomic E-state index is -0.374. The standard InChI is InChI=1S/C26H47NO3/c1-6-7-8-9-23(28)10-11-24-25-17-21(16-22(25)18-26(24)29)12-14-30-15-13-27(19(2)3)20(4)5/h10-11,16,19-20,22-26,28-29H,6-9,12-15,17-18H2,1-5H3/b11-10+/t22-,23-,24+,25-,26+/m0/s1. The Kier molecular flexibility index (Phi) is 11.1. The van der Waals surface area contributed by atoms with E-state index in [2.05, 4.69) is 51.7 Å². The molecule has 1 saturated carbocycles. The van der Waals surface area contributed by atoms with Crippen molar-refractivity contribution in [2.75, 3.05) is 19.8 Å². The van der Waals surface area contributed by atoms with Crippen LogP contribution in [0, 0.1) is 17.8 Å². The molecule has 4 nitrogen and oxygen atoms in total. The zero-order valence-electron chi connectivity index (χ0n) is 20.1. The van der Waals surface area contributed by atoms with Crippen LogP contribution in [0.25, 0.3) is 0 Å². The average Bonchev–Trinajstić information content (AvgIpc) is 3.18. The maximum Gasteiger partial charge on any atom is 0.0721 e. The van der Waals surface area contributed by atoms with E-state index in [0.29, 0.717) is 23.9 Å². The van der Waals surface area contributed by atoms with E-state index in [1.807, 2.05) is 6.08 Å². The second-order valence-electron chi connectivity index (χ2n) is 9.97. The van der Waals surface area contributed by atoms with Crippen molar-refractivity contribution in [2.24, 2.45) is 17.8 Å². The Bertz CT molecular complexity index is 534. The van der Waals surface area contributed by atoms with Gasteiger partial charge in [-0.3, -0.25) is 4.90 Å². The lowest BCUT2D eigenvalue weighted by Gasteiger charge is -2.30. The molecular formula is C26H47NO3. The van der Waals surface area contributed by atoms with Crippen LogP contribution in [0.15, 0.2) is 23.8 Å². The first-order chi connectivity index (χ1) is 14.3. The number of unbranched alkanes of at least 4 members (excludes halogenated alkanes) is 2. The highest BCUT2D eigenvalue weighted by molar-refractivity contribution is 5.21. The van der Waals surface area contributed by atoms with Crippen LogP contribution in [0.4, 0.5) is 0 Å². The topological polar surface area (TPSA) is 52.9 Å². The number of aliphatic hydroxyl groups is 2. The number of ether oxygens (including phenoxy) is 1. The van der Waals surface area contributed by atoms with Crippen LogP contribution in [0.2, 0.25) is 0 Å². The first-order valence-electron chi connectivity index (χ1n) is 12.4. The summed E-state index contributed by atoms with van der Waals surface area (Å²) in [7, 11) is 0. The molecule has 0 bridgehead atoms. The molecule has 4 heteroatoms. The molecule has 30 heavy (non-hydrogen) atoms. The lowest BCUT2D eigenvalue weighted by atomic mass is 9.88. The first kappa shape index (κ1) is 25.6. The van der Waals surface area contributed by atoms with Gasteiger partial charge in [0.05, 0.1) is 25.4 Å². The van der Waals surface area contributed by atoms with Gasteiger partial charge in [-0.25, -0.2) is 0 Å². The van der Waals surface area contributed by atoms with Crippen molar-refractivity contribution in [2.45, 2.75) is 104 Å². The molecule has 0 spiro atoms. The van der Waals surface area contributed by atoms with Gasteiger partial charge in [-0.1, -0.05) is 50.0 Å². The Morgan fingerprint density at radius 3 is 2.57 bits per heavy atom. The largest absolute Gasteiger partial charge is 0.392 e. The molecule has 0 unspecified atom stereocenters. The smallest absolute Gasteiger partial charge is 0.0721 e. The van der Waals surface area contributed by atoms with Crippen LogP contribution >= 0.6 is 0 Å². The molecule has 0 amide bonds. The van der Waals surface area contributed by atoms with Crippen LogP contribution in [0.5, 0.6) is 0 Å². The second-order valence-corrected chi connectivity index (χ2v) is 9.97. The Balaban J connectivity index is 1.72. The molecule has 2 aliphatic rings. The zero-order valence-corrected chi connectivity index (χ0v) is 20.1. The highest BCUT2D eigenvalue weighted by Crippen LogP contribution is 2.47. The summed E-state index contributed by atoms with van der Waals surface area (Å²) in [5.41, 5.74) is 1.49. The van der Waals surface area contributed by atoms with Gasteiger partial charge in [0, 0.05) is 24.5 Å². The number of hydrogen-bond donors (Lipinski definition) is 2. The van der Waals surface area contributed by atoms with E-state index in [1.54, 1.807) is 0 Å². The number of aliphatic hydroxyl groups excluding tert-OH is 2. The predicted octanol–water partition coefficient (Wildman–Crippen LogP) is 4.95. The third-order valence-corrected chi connectivity index (χ3v) is 7.00. The van der Waals surface area contributed by atoms with E-state index in [9.17, 15) is 10.2 Å². The molecule has 0 radical (unpaired) electrons. The Morgan fingerprint density at radius 1 is 1.17 bits per heavy atom. The minimum absolute atomic E-state index is 0.177. The quantitative estimate of drug-likeness (QED) is 0.308. The van der Waals surface area contributed by atoms with Gasteiger partial charge in [0.1, 0.15) is 0 Å². The van der Waals surface area contributed by atoms with Crippen molar-refractivity contribution in [1.82, 2.24) is 4.90 Å². The number of rotatable bonds is 14. The SMILES string of the molecule is CCCCC[C@H](O)/C=C/[C@@H]1[C@H]2CC(CCOCCN(C(C)C)C(C)C)=C[C@H]2C[C@H]1O. The average molecular weight is 422 g/mol. The monoisotopic (exact) mass is 421 g/mol. The summed E-state index contributed by atoms with van der Waals surface area (Å²) in [5, 5.41) is 20.7. The van der Waals surface area contributed by atoms with Crippen LogP contribution < -0.4 is 0 Å². The minimum Gasteiger partial charge on any atom is -0.392 e. The fraction of sp³-hybridized carbons (Fsp3) is 0.846. The van der Waals surface area contributed by atoms with Crippen LogP contribution in [-0.4, -0.2) is 59.2 Å². The summed E-state index contributed by atoms with van der Waals surface area (Å²) < 4.78 is 5.94. The Labute approximate surface area is 185 Å². The molecule has 2 N–H and O–H groups in total.